The number of hydrogen-bond donors (Lipinski definition) is 1. The number of aryl methyl sites for hydroxylation is 3. The highest BCUT2D eigenvalue weighted by molar-refractivity contribution is 9.10. The van der Waals surface area contributed by atoms with Crippen molar-refractivity contribution in [2.45, 2.75) is 58.2 Å². The largest absolute Gasteiger partial charge is 0.495 e. The van der Waals surface area contributed by atoms with Crippen LogP contribution < -0.4 is 14.8 Å². The summed E-state index contributed by atoms with van der Waals surface area (Å²) in [7, 11) is 1.59. The molecule has 1 aromatic heterocycles. The van der Waals surface area contributed by atoms with Gasteiger partial charge in [-0.15, -0.1) is 16.8 Å². The maximum atomic E-state index is 12.6. The Hall–Kier alpha value is -2.78. The third kappa shape index (κ3) is 7.85. The average Bonchev–Trinajstić information content (AvgIpc) is 3.23. The third-order valence-corrected chi connectivity index (χ3v) is 7.44. The number of hydrogen-bond acceptors (Lipinski definition) is 6. The summed E-state index contributed by atoms with van der Waals surface area (Å²) in [4.78, 5) is 12.6. The average molecular weight is 588 g/mol. The summed E-state index contributed by atoms with van der Waals surface area (Å²) >= 11 is 5.00. The van der Waals surface area contributed by atoms with E-state index in [2.05, 4.69) is 70.9 Å². The molecule has 1 amide bonds. The molecule has 198 valence electrons. The van der Waals surface area contributed by atoms with Gasteiger partial charge in [0.05, 0.1) is 25.2 Å². The van der Waals surface area contributed by atoms with Gasteiger partial charge in [-0.2, -0.15) is 0 Å². The number of allylic oxidation sites excluding steroid dienone is 1. The van der Waals surface area contributed by atoms with Crippen LogP contribution in [0.1, 0.15) is 48.7 Å². The van der Waals surface area contributed by atoms with Crippen LogP contribution in [0.5, 0.6) is 11.5 Å². The summed E-state index contributed by atoms with van der Waals surface area (Å²) in [6.45, 7) is 13.4. The lowest BCUT2D eigenvalue weighted by atomic mass is 10.0. The second-order valence-electron chi connectivity index (χ2n) is 9.08. The number of methoxy groups -OCH3 is 1. The summed E-state index contributed by atoms with van der Waals surface area (Å²) in [5.74, 6) is 2.86. The molecule has 7 nitrogen and oxygen atoms in total. The number of nitrogens with one attached hydrogen (secondary N) is 1. The van der Waals surface area contributed by atoms with Gasteiger partial charge in [0.1, 0.15) is 17.3 Å². The molecule has 3 aromatic rings. The van der Waals surface area contributed by atoms with Crippen molar-refractivity contribution in [3.8, 4) is 11.5 Å². The lowest BCUT2D eigenvalue weighted by Crippen LogP contribution is -2.15. The van der Waals surface area contributed by atoms with Gasteiger partial charge in [0.25, 0.3) is 0 Å². The molecule has 9 heteroatoms. The molecule has 0 aliphatic rings. The van der Waals surface area contributed by atoms with E-state index in [-0.39, 0.29) is 11.7 Å². The Balaban J connectivity index is 1.57. The Morgan fingerprint density at radius 3 is 2.70 bits per heavy atom. The molecule has 0 radical (unpaired) electrons. The molecule has 1 heterocycles. The van der Waals surface area contributed by atoms with E-state index in [9.17, 15) is 4.79 Å². The van der Waals surface area contributed by atoms with Gasteiger partial charge in [-0.1, -0.05) is 53.7 Å². The molecule has 0 aliphatic heterocycles. The third-order valence-electron chi connectivity index (χ3n) is 5.79. The number of carbonyl (C=O) groups is 1. The maximum Gasteiger partial charge on any atom is 0.234 e. The summed E-state index contributed by atoms with van der Waals surface area (Å²) in [6, 6.07) is 9.91. The van der Waals surface area contributed by atoms with Crippen LogP contribution in [0.3, 0.4) is 0 Å². The Morgan fingerprint density at radius 1 is 1.22 bits per heavy atom. The van der Waals surface area contributed by atoms with E-state index < -0.39 is 0 Å². The van der Waals surface area contributed by atoms with Crippen LogP contribution in [0, 0.1) is 13.8 Å². The predicted octanol–water partition coefficient (Wildman–Crippen LogP) is 6.72. The van der Waals surface area contributed by atoms with Gasteiger partial charge < -0.3 is 19.4 Å². The first kappa shape index (κ1) is 28.8. The van der Waals surface area contributed by atoms with Crippen LogP contribution in [0.2, 0.25) is 0 Å². The molecular weight excluding hydrogens is 552 g/mol. The van der Waals surface area contributed by atoms with E-state index in [1.807, 2.05) is 35.8 Å². The Morgan fingerprint density at radius 2 is 2.00 bits per heavy atom. The van der Waals surface area contributed by atoms with E-state index in [1.54, 1.807) is 7.11 Å². The van der Waals surface area contributed by atoms with E-state index >= 15 is 0 Å². The van der Waals surface area contributed by atoms with Crippen molar-refractivity contribution in [3.05, 3.63) is 70.0 Å². The molecule has 0 saturated heterocycles. The molecule has 0 bridgehead atoms. The number of thioether (sulfide) groups is 1. The number of nitrogens with zero attached hydrogens (tertiary/aromatic N) is 3. The van der Waals surface area contributed by atoms with E-state index in [4.69, 9.17) is 9.47 Å². The van der Waals surface area contributed by atoms with Crippen molar-refractivity contribution < 1.29 is 14.3 Å². The van der Waals surface area contributed by atoms with Crippen LogP contribution >= 0.6 is 27.7 Å². The summed E-state index contributed by atoms with van der Waals surface area (Å²) in [6.07, 6.45) is 3.31. The monoisotopic (exact) mass is 586 g/mol. The van der Waals surface area contributed by atoms with Crippen molar-refractivity contribution in [3.63, 3.8) is 0 Å². The molecule has 0 fully saturated rings. The zero-order valence-electron chi connectivity index (χ0n) is 22.1. The number of anilines is 1. The second kappa shape index (κ2) is 13.7. The van der Waals surface area contributed by atoms with Gasteiger partial charge >= 0.3 is 0 Å². The molecule has 0 aliphatic carbocycles. The van der Waals surface area contributed by atoms with Crippen LogP contribution in [0.4, 0.5) is 5.69 Å². The molecule has 1 N–H and O–H groups in total. The van der Waals surface area contributed by atoms with Crippen LogP contribution in [-0.2, 0) is 17.8 Å². The number of ether oxygens (including phenoxy) is 2. The lowest BCUT2D eigenvalue weighted by Gasteiger charge is -2.15. The smallest absolute Gasteiger partial charge is 0.234 e. The van der Waals surface area contributed by atoms with Gasteiger partial charge in [0, 0.05) is 17.4 Å². The first-order valence-corrected chi connectivity index (χ1v) is 14.0. The zero-order chi connectivity index (χ0) is 26.9. The van der Waals surface area contributed by atoms with E-state index in [0.717, 1.165) is 33.6 Å². The molecule has 0 unspecified atom stereocenters. The van der Waals surface area contributed by atoms with Crippen molar-refractivity contribution in [2.75, 3.05) is 24.8 Å². The minimum atomic E-state index is -0.136. The van der Waals surface area contributed by atoms with Gasteiger partial charge in [0.15, 0.2) is 5.16 Å². The fourth-order valence-electron chi connectivity index (χ4n) is 3.84. The Bertz CT molecular complexity index is 1240. The number of halogens is 1. The number of rotatable bonds is 13. The van der Waals surface area contributed by atoms with E-state index in [0.29, 0.717) is 42.1 Å². The van der Waals surface area contributed by atoms with Crippen molar-refractivity contribution >= 4 is 39.3 Å². The molecule has 37 heavy (non-hydrogen) atoms. The zero-order valence-corrected chi connectivity index (χ0v) is 24.5. The van der Waals surface area contributed by atoms with Crippen molar-refractivity contribution in [2.24, 2.45) is 0 Å². The Labute approximate surface area is 232 Å². The number of aromatic nitrogens is 3. The molecule has 3 rings (SSSR count). The second-order valence-corrected chi connectivity index (χ2v) is 10.9. The molecular formula is C28H35BrN4O3S. The first-order chi connectivity index (χ1) is 17.7. The molecule has 0 atom stereocenters. The van der Waals surface area contributed by atoms with Gasteiger partial charge in [-0.3, -0.25) is 4.79 Å². The topological polar surface area (TPSA) is 78.3 Å². The maximum absolute atomic E-state index is 12.6. The van der Waals surface area contributed by atoms with Gasteiger partial charge in [-0.05, 0) is 67.1 Å². The molecule has 0 spiro atoms. The summed E-state index contributed by atoms with van der Waals surface area (Å²) in [5, 5.41) is 12.3. The lowest BCUT2D eigenvalue weighted by molar-refractivity contribution is -0.113. The SMILES string of the molecule is C=CCn1c(CCCOc2cc(C(C)C)c(Br)cc2C)nnc1SCC(=O)Nc1cc(C)ccc1OC. The quantitative estimate of drug-likeness (QED) is 0.136. The highest BCUT2D eigenvalue weighted by Gasteiger charge is 2.15. The minimum absolute atomic E-state index is 0.136. The summed E-state index contributed by atoms with van der Waals surface area (Å²) < 4.78 is 14.6. The minimum Gasteiger partial charge on any atom is -0.495 e. The summed E-state index contributed by atoms with van der Waals surface area (Å²) in [5.41, 5.74) is 4.03. The standard InChI is InChI=1S/C28H35BrN4O3S/c1-7-12-33-26(9-8-13-36-25-16-21(18(2)3)22(29)15-20(25)5)31-32-28(33)37-17-27(34)30-23-14-19(4)10-11-24(23)35-6/h7,10-11,14-16,18H,1,8-9,12-13,17H2,2-6H3,(H,30,34). The number of benzene rings is 2. The van der Waals surface area contributed by atoms with Crippen LogP contribution in [-0.4, -0.2) is 40.1 Å². The first-order valence-electron chi connectivity index (χ1n) is 12.3. The van der Waals surface area contributed by atoms with Crippen LogP contribution in [0.15, 0.2) is 52.6 Å². The van der Waals surface area contributed by atoms with Gasteiger partial charge in [-0.25, -0.2) is 0 Å². The highest BCUT2D eigenvalue weighted by atomic mass is 79.9. The van der Waals surface area contributed by atoms with Crippen LogP contribution in [0.25, 0.3) is 0 Å². The fraction of sp³-hybridized carbons (Fsp3) is 0.393. The van der Waals surface area contributed by atoms with E-state index in [1.165, 1.54) is 17.3 Å². The number of carbonyl (C=O) groups excluding carboxylic acids is 1. The normalized spacial score (nSPS) is 11.0. The van der Waals surface area contributed by atoms with Crippen molar-refractivity contribution in [1.82, 2.24) is 14.8 Å². The predicted molar refractivity (Wildman–Crippen MR) is 154 cm³/mol. The van der Waals surface area contributed by atoms with Gasteiger partial charge in [0.2, 0.25) is 5.91 Å². The Kier molecular flexibility index (Phi) is 10.6. The number of amides is 1. The fourth-order valence-corrected chi connectivity index (χ4v) is 5.52. The molecule has 2 aromatic carbocycles. The molecule has 0 saturated carbocycles. The van der Waals surface area contributed by atoms with Crippen molar-refractivity contribution in [1.29, 1.82) is 0 Å². The highest BCUT2D eigenvalue weighted by Crippen LogP contribution is 2.32.